The highest BCUT2D eigenvalue weighted by molar-refractivity contribution is 6.05. The van der Waals surface area contributed by atoms with Gasteiger partial charge in [-0.25, -0.2) is 0 Å². The highest BCUT2D eigenvalue weighted by atomic mass is 16.3. The first kappa shape index (κ1) is 12.1. The van der Waals surface area contributed by atoms with Crippen molar-refractivity contribution in [2.24, 2.45) is 0 Å². The SMILES string of the molecule is CNC1C(=O)N(CCO)c2c1ccc(C)c2C. The zero-order chi connectivity index (χ0) is 12.6. The lowest BCUT2D eigenvalue weighted by atomic mass is 10.0. The zero-order valence-electron chi connectivity index (χ0n) is 10.4. The standard InChI is InChI=1S/C13H18N2O2/c1-8-4-5-10-11(14-3)13(17)15(6-7-16)12(10)9(8)2/h4-5,11,14,16H,6-7H2,1-3H3. The van der Waals surface area contributed by atoms with Crippen molar-refractivity contribution in [1.82, 2.24) is 5.32 Å². The van der Waals surface area contributed by atoms with E-state index in [1.807, 2.05) is 26.0 Å². The minimum atomic E-state index is -0.282. The summed E-state index contributed by atoms with van der Waals surface area (Å²) < 4.78 is 0. The molecule has 0 aliphatic carbocycles. The Kier molecular flexibility index (Phi) is 3.17. The molecule has 1 aliphatic rings. The average Bonchev–Trinajstić information content (AvgIpc) is 2.58. The summed E-state index contributed by atoms with van der Waals surface area (Å²) in [5.74, 6) is 0.0188. The van der Waals surface area contributed by atoms with Gasteiger partial charge in [-0.15, -0.1) is 0 Å². The van der Waals surface area contributed by atoms with E-state index < -0.39 is 0 Å². The molecule has 1 unspecified atom stereocenters. The van der Waals surface area contributed by atoms with Crippen LogP contribution in [0.15, 0.2) is 12.1 Å². The van der Waals surface area contributed by atoms with Gasteiger partial charge in [0.05, 0.1) is 12.3 Å². The molecule has 0 fully saturated rings. The van der Waals surface area contributed by atoms with Gasteiger partial charge in [0.15, 0.2) is 0 Å². The normalized spacial score (nSPS) is 18.7. The van der Waals surface area contributed by atoms with E-state index in [4.69, 9.17) is 5.11 Å². The monoisotopic (exact) mass is 234 g/mol. The van der Waals surface area contributed by atoms with Crippen LogP contribution in [0.2, 0.25) is 0 Å². The van der Waals surface area contributed by atoms with Crippen molar-refractivity contribution >= 4 is 11.6 Å². The van der Waals surface area contributed by atoms with Crippen molar-refractivity contribution in [1.29, 1.82) is 0 Å². The summed E-state index contributed by atoms with van der Waals surface area (Å²) in [6.45, 7) is 4.39. The second kappa shape index (κ2) is 4.47. The number of carbonyl (C=O) groups is 1. The second-order valence-electron chi connectivity index (χ2n) is 4.38. The molecule has 1 heterocycles. The Morgan fingerprint density at radius 1 is 1.41 bits per heavy atom. The van der Waals surface area contributed by atoms with Crippen molar-refractivity contribution in [3.05, 3.63) is 28.8 Å². The number of carbonyl (C=O) groups excluding carboxylic acids is 1. The summed E-state index contributed by atoms with van der Waals surface area (Å²) in [5.41, 5.74) is 4.25. The fraction of sp³-hybridized carbons (Fsp3) is 0.462. The molecule has 0 saturated heterocycles. The number of anilines is 1. The van der Waals surface area contributed by atoms with Crippen LogP contribution >= 0.6 is 0 Å². The van der Waals surface area contributed by atoms with Gasteiger partial charge in [0, 0.05) is 12.1 Å². The number of aliphatic hydroxyl groups excluding tert-OH is 1. The van der Waals surface area contributed by atoms with Crippen molar-refractivity contribution in [3.8, 4) is 0 Å². The minimum absolute atomic E-state index is 0.0188. The molecule has 17 heavy (non-hydrogen) atoms. The third kappa shape index (κ3) is 1.73. The van der Waals surface area contributed by atoms with Gasteiger partial charge >= 0.3 is 0 Å². The summed E-state index contributed by atoms with van der Waals surface area (Å²) in [5, 5.41) is 12.1. The first-order chi connectivity index (χ1) is 8.11. The highest BCUT2D eigenvalue weighted by Crippen LogP contribution is 2.39. The van der Waals surface area contributed by atoms with Crippen molar-refractivity contribution in [2.75, 3.05) is 25.1 Å². The first-order valence-corrected chi connectivity index (χ1v) is 5.81. The van der Waals surface area contributed by atoms with Crippen LogP contribution in [0.3, 0.4) is 0 Å². The van der Waals surface area contributed by atoms with Crippen LogP contribution in [0, 0.1) is 13.8 Å². The number of rotatable bonds is 3. The molecule has 1 amide bonds. The summed E-state index contributed by atoms with van der Waals surface area (Å²) in [7, 11) is 1.78. The number of aryl methyl sites for hydroxylation is 1. The summed E-state index contributed by atoms with van der Waals surface area (Å²) in [6.07, 6.45) is 0. The maximum Gasteiger partial charge on any atom is 0.248 e. The number of nitrogens with zero attached hydrogens (tertiary/aromatic N) is 1. The van der Waals surface area contributed by atoms with Crippen LogP contribution in [0.1, 0.15) is 22.7 Å². The van der Waals surface area contributed by atoms with E-state index in [0.29, 0.717) is 6.54 Å². The molecule has 2 N–H and O–H groups in total. The largest absolute Gasteiger partial charge is 0.395 e. The number of hydrogen-bond acceptors (Lipinski definition) is 3. The van der Waals surface area contributed by atoms with Gasteiger partial charge in [0.1, 0.15) is 6.04 Å². The molecule has 1 aliphatic heterocycles. The molecular formula is C13H18N2O2. The Hall–Kier alpha value is -1.39. The van der Waals surface area contributed by atoms with Gasteiger partial charge < -0.3 is 15.3 Å². The molecule has 1 atom stereocenters. The number of amides is 1. The molecule has 92 valence electrons. The maximum absolute atomic E-state index is 12.2. The van der Waals surface area contributed by atoms with Crippen LogP contribution in [-0.4, -0.2) is 31.2 Å². The lowest BCUT2D eigenvalue weighted by Crippen LogP contribution is -2.35. The van der Waals surface area contributed by atoms with Crippen molar-refractivity contribution < 1.29 is 9.90 Å². The number of hydrogen-bond donors (Lipinski definition) is 2. The van der Waals surface area contributed by atoms with Gasteiger partial charge in [-0.2, -0.15) is 0 Å². The Morgan fingerprint density at radius 3 is 2.71 bits per heavy atom. The molecule has 0 bridgehead atoms. The van der Waals surface area contributed by atoms with Crippen LogP contribution in [0.4, 0.5) is 5.69 Å². The number of β-amino-alcohol motifs (C(OH)–C–C–N with tert-alkyl or cyclic N) is 1. The fourth-order valence-electron chi connectivity index (χ4n) is 2.41. The van der Waals surface area contributed by atoms with Crippen molar-refractivity contribution in [3.63, 3.8) is 0 Å². The highest BCUT2D eigenvalue weighted by Gasteiger charge is 2.37. The quantitative estimate of drug-likeness (QED) is 0.817. The Balaban J connectivity index is 2.57. The molecule has 0 saturated carbocycles. The number of fused-ring (bicyclic) bond motifs is 1. The Morgan fingerprint density at radius 2 is 2.12 bits per heavy atom. The van der Waals surface area contributed by atoms with Crippen molar-refractivity contribution in [2.45, 2.75) is 19.9 Å². The maximum atomic E-state index is 12.2. The van der Waals surface area contributed by atoms with Gasteiger partial charge in [-0.3, -0.25) is 4.79 Å². The lowest BCUT2D eigenvalue weighted by molar-refractivity contribution is -0.120. The van der Waals surface area contributed by atoms with E-state index in [1.165, 1.54) is 0 Å². The average molecular weight is 234 g/mol. The van der Waals surface area contributed by atoms with E-state index in [-0.39, 0.29) is 18.6 Å². The van der Waals surface area contributed by atoms with Crippen LogP contribution in [0.5, 0.6) is 0 Å². The van der Waals surface area contributed by atoms with E-state index in [1.54, 1.807) is 11.9 Å². The molecule has 1 aromatic rings. The Bertz CT molecular complexity index is 457. The fourth-order valence-corrected chi connectivity index (χ4v) is 2.41. The summed E-state index contributed by atoms with van der Waals surface area (Å²) in [4.78, 5) is 13.9. The molecule has 2 rings (SSSR count). The predicted octanol–water partition coefficient (Wildman–Crippen LogP) is 0.903. The zero-order valence-corrected chi connectivity index (χ0v) is 10.4. The smallest absolute Gasteiger partial charge is 0.248 e. The molecule has 4 heteroatoms. The summed E-state index contributed by atoms with van der Waals surface area (Å²) >= 11 is 0. The van der Waals surface area contributed by atoms with E-state index >= 15 is 0 Å². The van der Waals surface area contributed by atoms with Gasteiger partial charge in [-0.1, -0.05) is 12.1 Å². The number of aliphatic hydroxyl groups is 1. The molecule has 0 spiro atoms. The molecule has 0 aromatic heterocycles. The number of nitrogens with one attached hydrogen (secondary N) is 1. The third-order valence-electron chi connectivity index (χ3n) is 3.44. The van der Waals surface area contributed by atoms with E-state index in [9.17, 15) is 4.79 Å². The first-order valence-electron chi connectivity index (χ1n) is 5.81. The third-order valence-corrected chi connectivity index (χ3v) is 3.44. The van der Waals surface area contributed by atoms with Crippen LogP contribution in [0.25, 0.3) is 0 Å². The number of benzene rings is 1. The van der Waals surface area contributed by atoms with E-state index in [2.05, 4.69) is 5.32 Å². The Labute approximate surface area is 101 Å². The van der Waals surface area contributed by atoms with Gasteiger partial charge in [0.2, 0.25) is 5.91 Å². The van der Waals surface area contributed by atoms with E-state index in [0.717, 1.165) is 22.4 Å². The molecular weight excluding hydrogens is 216 g/mol. The number of likely N-dealkylation sites (N-methyl/N-ethyl adjacent to an activating group) is 1. The molecule has 4 nitrogen and oxygen atoms in total. The van der Waals surface area contributed by atoms with Crippen LogP contribution in [-0.2, 0) is 4.79 Å². The van der Waals surface area contributed by atoms with Gasteiger partial charge in [0.25, 0.3) is 0 Å². The van der Waals surface area contributed by atoms with Gasteiger partial charge in [-0.05, 0) is 32.0 Å². The summed E-state index contributed by atoms with van der Waals surface area (Å²) in [6, 6.07) is 3.75. The second-order valence-corrected chi connectivity index (χ2v) is 4.38. The molecule has 0 radical (unpaired) electrons. The topological polar surface area (TPSA) is 52.6 Å². The lowest BCUT2D eigenvalue weighted by Gasteiger charge is -2.19. The molecule has 1 aromatic carbocycles. The predicted molar refractivity (Wildman–Crippen MR) is 67.2 cm³/mol. The minimum Gasteiger partial charge on any atom is -0.395 e. The van der Waals surface area contributed by atoms with Crippen LogP contribution < -0.4 is 10.2 Å².